The highest BCUT2D eigenvalue weighted by Gasteiger charge is 2.21. The molecule has 0 unspecified atom stereocenters. The Morgan fingerprint density at radius 1 is 0.806 bits per heavy atom. The predicted octanol–water partition coefficient (Wildman–Crippen LogP) is 3.42. The zero-order chi connectivity index (χ0) is 24.3. The fourth-order valence-electron chi connectivity index (χ4n) is 4.89. The molecule has 2 fully saturated rings. The average molecular weight is 489 g/mol. The lowest BCUT2D eigenvalue weighted by atomic mass is 10.1. The molecular formula is C27H32N6O3. The van der Waals surface area contributed by atoms with Gasteiger partial charge >= 0.3 is 0 Å². The largest absolute Gasteiger partial charge is 0.454 e. The van der Waals surface area contributed by atoms with Crippen LogP contribution in [0.5, 0.6) is 11.5 Å². The smallest absolute Gasteiger partial charge is 0.231 e. The predicted molar refractivity (Wildman–Crippen MR) is 140 cm³/mol. The van der Waals surface area contributed by atoms with Crippen LogP contribution in [0, 0.1) is 6.92 Å². The molecule has 3 aliphatic heterocycles. The van der Waals surface area contributed by atoms with Gasteiger partial charge in [0.25, 0.3) is 0 Å². The van der Waals surface area contributed by atoms with Crippen molar-refractivity contribution in [1.82, 2.24) is 14.9 Å². The highest BCUT2D eigenvalue weighted by Crippen LogP contribution is 2.33. The minimum absolute atomic E-state index is 0.310. The summed E-state index contributed by atoms with van der Waals surface area (Å²) in [6.45, 7) is 10.4. The van der Waals surface area contributed by atoms with E-state index in [0.717, 1.165) is 93.7 Å². The Labute approximate surface area is 211 Å². The Morgan fingerprint density at radius 3 is 2.39 bits per heavy atom. The van der Waals surface area contributed by atoms with Gasteiger partial charge in [-0.15, -0.1) is 0 Å². The van der Waals surface area contributed by atoms with E-state index in [9.17, 15) is 0 Å². The molecule has 0 spiro atoms. The van der Waals surface area contributed by atoms with Crippen molar-refractivity contribution in [2.75, 3.05) is 74.4 Å². The number of piperazine rings is 1. The van der Waals surface area contributed by atoms with Crippen LogP contribution in [0.15, 0.2) is 48.5 Å². The molecule has 0 bridgehead atoms. The molecule has 2 aromatic carbocycles. The Balaban J connectivity index is 1.07. The summed E-state index contributed by atoms with van der Waals surface area (Å²) in [5.74, 6) is 3.28. The van der Waals surface area contributed by atoms with E-state index >= 15 is 0 Å². The van der Waals surface area contributed by atoms with Gasteiger partial charge in [0.05, 0.1) is 13.2 Å². The van der Waals surface area contributed by atoms with E-state index in [4.69, 9.17) is 24.2 Å². The number of aryl methyl sites for hydroxylation is 1. The number of benzene rings is 2. The van der Waals surface area contributed by atoms with Crippen LogP contribution in [0.25, 0.3) is 0 Å². The molecule has 3 aliphatic rings. The van der Waals surface area contributed by atoms with E-state index in [0.29, 0.717) is 6.79 Å². The lowest BCUT2D eigenvalue weighted by Gasteiger charge is -2.35. The van der Waals surface area contributed by atoms with Gasteiger partial charge in [-0.1, -0.05) is 6.07 Å². The number of anilines is 4. The molecule has 36 heavy (non-hydrogen) atoms. The lowest BCUT2D eigenvalue weighted by molar-refractivity contribution is 0.122. The zero-order valence-corrected chi connectivity index (χ0v) is 20.7. The summed E-state index contributed by atoms with van der Waals surface area (Å²) in [4.78, 5) is 16.7. The van der Waals surface area contributed by atoms with Crippen molar-refractivity contribution in [2.45, 2.75) is 13.5 Å². The third-order valence-corrected chi connectivity index (χ3v) is 6.86. The number of nitrogens with one attached hydrogen (secondary N) is 1. The quantitative estimate of drug-likeness (QED) is 0.562. The van der Waals surface area contributed by atoms with Crippen molar-refractivity contribution in [3.05, 3.63) is 59.8 Å². The number of rotatable bonds is 6. The molecule has 4 heterocycles. The van der Waals surface area contributed by atoms with E-state index in [2.05, 4.69) is 56.4 Å². The van der Waals surface area contributed by atoms with Crippen molar-refractivity contribution in [1.29, 1.82) is 0 Å². The SMILES string of the molecule is Cc1cc(Nc2ccc(N3CCOCC3)cc2)nc(N2CCN(Cc3ccc4c(c3)OCO4)CC2)n1. The van der Waals surface area contributed by atoms with Gasteiger partial charge < -0.3 is 29.3 Å². The zero-order valence-electron chi connectivity index (χ0n) is 20.7. The number of hydrogen-bond acceptors (Lipinski definition) is 9. The van der Waals surface area contributed by atoms with Crippen molar-refractivity contribution in [3.8, 4) is 11.5 Å². The van der Waals surface area contributed by atoms with Crippen molar-refractivity contribution < 1.29 is 14.2 Å². The summed E-state index contributed by atoms with van der Waals surface area (Å²) in [5, 5.41) is 3.46. The van der Waals surface area contributed by atoms with Crippen LogP contribution in [0.4, 0.5) is 23.1 Å². The number of morpholine rings is 1. The van der Waals surface area contributed by atoms with Crippen molar-refractivity contribution >= 4 is 23.1 Å². The average Bonchev–Trinajstić information content (AvgIpc) is 3.38. The van der Waals surface area contributed by atoms with Crippen LogP contribution in [0.3, 0.4) is 0 Å². The van der Waals surface area contributed by atoms with E-state index in [1.165, 1.54) is 11.3 Å². The van der Waals surface area contributed by atoms with Crippen LogP contribution in [-0.4, -0.2) is 74.1 Å². The standard InChI is InChI=1S/C27H32N6O3/c1-20-16-26(29-22-3-5-23(6-4-22)32-12-14-34-15-13-32)30-27(28-20)33-10-8-31(9-11-33)18-21-2-7-24-25(17-21)36-19-35-24/h2-7,16-17H,8-15,18-19H2,1H3,(H,28,29,30). The van der Waals surface area contributed by atoms with Crippen LogP contribution in [0.1, 0.15) is 11.3 Å². The molecule has 0 atom stereocenters. The first-order valence-corrected chi connectivity index (χ1v) is 12.6. The molecule has 0 aliphatic carbocycles. The first kappa shape index (κ1) is 22.9. The Morgan fingerprint density at radius 2 is 1.58 bits per heavy atom. The minimum Gasteiger partial charge on any atom is -0.454 e. The lowest BCUT2D eigenvalue weighted by Crippen LogP contribution is -2.46. The fourth-order valence-corrected chi connectivity index (χ4v) is 4.89. The Hall–Kier alpha value is -3.56. The third-order valence-electron chi connectivity index (χ3n) is 6.86. The molecule has 0 amide bonds. The summed E-state index contributed by atoms with van der Waals surface area (Å²) in [5.41, 5.74) is 4.44. The van der Waals surface area contributed by atoms with E-state index in [1.807, 2.05) is 19.1 Å². The highest BCUT2D eigenvalue weighted by atomic mass is 16.7. The summed E-state index contributed by atoms with van der Waals surface area (Å²) < 4.78 is 16.4. The molecule has 0 radical (unpaired) electrons. The number of aromatic nitrogens is 2. The fraction of sp³-hybridized carbons (Fsp3) is 0.407. The number of hydrogen-bond donors (Lipinski definition) is 1. The van der Waals surface area contributed by atoms with Gasteiger partial charge in [0, 0.05) is 68.9 Å². The third kappa shape index (κ3) is 5.17. The maximum absolute atomic E-state index is 5.52. The highest BCUT2D eigenvalue weighted by molar-refractivity contribution is 5.62. The number of ether oxygens (including phenoxy) is 3. The van der Waals surface area contributed by atoms with Gasteiger partial charge in [-0.3, -0.25) is 4.90 Å². The van der Waals surface area contributed by atoms with Crippen LogP contribution in [-0.2, 0) is 11.3 Å². The first-order valence-electron chi connectivity index (χ1n) is 12.6. The van der Waals surface area contributed by atoms with Gasteiger partial charge in [-0.05, 0) is 48.9 Å². The summed E-state index contributed by atoms with van der Waals surface area (Å²) >= 11 is 0. The number of nitrogens with zero attached hydrogens (tertiary/aromatic N) is 5. The second-order valence-electron chi connectivity index (χ2n) is 9.42. The molecular weight excluding hydrogens is 456 g/mol. The van der Waals surface area contributed by atoms with Gasteiger partial charge in [0.15, 0.2) is 11.5 Å². The number of fused-ring (bicyclic) bond motifs is 1. The van der Waals surface area contributed by atoms with E-state index in [-0.39, 0.29) is 0 Å². The van der Waals surface area contributed by atoms with Crippen LogP contribution < -0.4 is 24.6 Å². The second-order valence-corrected chi connectivity index (χ2v) is 9.42. The van der Waals surface area contributed by atoms with E-state index in [1.54, 1.807) is 0 Å². The van der Waals surface area contributed by atoms with Crippen LogP contribution in [0.2, 0.25) is 0 Å². The van der Waals surface area contributed by atoms with Crippen molar-refractivity contribution in [2.24, 2.45) is 0 Å². The minimum atomic E-state index is 0.310. The maximum atomic E-state index is 5.52. The molecule has 1 N–H and O–H groups in total. The summed E-state index contributed by atoms with van der Waals surface area (Å²) in [6, 6.07) is 16.7. The normalized spacial score (nSPS) is 17.9. The van der Waals surface area contributed by atoms with E-state index < -0.39 is 0 Å². The topological polar surface area (TPSA) is 75.2 Å². The molecule has 1 aromatic heterocycles. The van der Waals surface area contributed by atoms with Gasteiger partial charge in [-0.2, -0.15) is 4.98 Å². The molecule has 3 aromatic rings. The van der Waals surface area contributed by atoms with Crippen molar-refractivity contribution in [3.63, 3.8) is 0 Å². The summed E-state index contributed by atoms with van der Waals surface area (Å²) in [7, 11) is 0. The Bertz CT molecular complexity index is 1190. The monoisotopic (exact) mass is 488 g/mol. The first-order chi connectivity index (χ1) is 17.7. The summed E-state index contributed by atoms with van der Waals surface area (Å²) in [6.07, 6.45) is 0. The maximum Gasteiger partial charge on any atom is 0.231 e. The van der Waals surface area contributed by atoms with Gasteiger partial charge in [0.2, 0.25) is 12.7 Å². The molecule has 2 saturated heterocycles. The molecule has 9 heteroatoms. The molecule has 6 rings (SSSR count). The molecule has 9 nitrogen and oxygen atoms in total. The van der Waals surface area contributed by atoms with Crippen LogP contribution >= 0.6 is 0 Å². The van der Waals surface area contributed by atoms with Gasteiger partial charge in [-0.25, -0.2) is 4.98 Å². The second kappa shape index (κ2) is 10.2. The van der Waals surface area contributed by atoms with Gasteiger partial charge in [0.1, 0.15) is 5.82 Å². The molecule has 0 saturated carbocycles. The Kier molecular flexibility index (Phi) is 6.48. The molecule has 188 valence electrons.